The maximum Gasteiger partial charge on any atom is 0.227 e. The first-order valence-electron chi connectivity index (χ1n) is 9.33. The molecule has 6 nitrogen and oxygen atoms in total. The highest BCUT2D eigenvalue weighted by Gasteiger charge is 2.10. The van der Waals surface area contributed by atoms with E-state index in [1.807, 2.05) is 62.5 Å². The van der Waals surface area contributed by atoms with Gasteiger partial charge in [-0.15, -0.1) is 0 Å². The number of nitrogens with one attached hydrogen (secondary N) is 1. The summed E-state index contributed by atoms with van der Waals surface area (Å²) in [7, 11) is 0. The average Bonchev–Trinajstić information content (AvgIpc) is 2.68. The highest BCUT2D eigenvalue weighted by Crippen LogP contribution is 2.27. The summed E-state index contributed by atoms with van der Waals surface area (Å²) in [5, 5.41) is 3.29. The van der Waals surface area contributed by atoms with Gasteiger partial charge in [0.2, 0.25) is 5.95 Å². The predicted octanol–water partition coefficient (Wildman–Crippen LogP) is 4.29. The molecule has 0 amide bonds. The van der Waals surface area contributed by atoms with E-state index in [1.165, 1.54) is 0 Å². The smallest absolute Gasteiger partial charge is 0.227 e. The SMILES string of the molecule is Cc1cc2cc(c1)OCCOCCOc1cccc(c1)-c1nc(ncc1C)N2. The Morgan fingerprint density at radius 2 is 1.71 bits per heavy atom. The molecule has 0 atom stereocenters. The second kappa shape index (κ2) is 8.27. The normalized spacial score (nSPS) is 14.2. The van der Waals surface area contributed by atoms with E-state index in [1.54, 1.807) is 0 Å². The van der Waals surface area contributed by atoms with Gasteiger partial charge < -0.3 is 19.5 Å². The molecule has 1 aromatic heterocycles. The van der Waals surface area contributed by atoms with E-state index in [0.29, 0.717) is 32.4 Å². The maximum absolute atomic E-state index is 5.82. The molecule has 6 heteroatoms. The molecule has 0 spiro atoms. The molecule has 6 bridgehead atoms. The van der Waals surface area contributed by atoms with Crippen LogP contribution in [0.1, 0.15) is 11.1 Å². The largest absolute Gasteiger partial charge is 0.491 e. The van der Waals surface area contributed by atoms with Crippen LogP contribution in [0.4, 0.5) is 11.6 Å². The molecule has 0 unspecified atom stereocenters. The third-order valence-electron chi connectivity index (χ3n) is 4.38. The van der Waals surface area contributed by atoms with Crippen LogP contribution in [-0.4, -0.2) is 36.4 Å². The molecule has 0 radical (unpaired) electrons. The van der Waals surface area contributed by atoms with Gasteiger partial charge in [0.25, 0.3) is 0 Å². The quantitative estimate of drug-likeness (QED) is 0.630. The van der Waals surface area contributed by atoms with Gasteiger partial charge in [-0.2, -0.15) is 0 Å². The van der Waals surface area contributed by atoms with Crippen molar-refractivity contribution in [1.82, 2.24) is 9.97 Å². The number of benzene rings is 2. The molecule has 1 aliphatic rings. The fraction of sp³-hybridized carbons (Fsp3) is 0.273. The molecule has 2 heterocycles. The third kappa shape index (κ3) is 4.40. The molecule has 0 saturated carbocycles. The predicted molar refractivity (Wildman–Crippen MR) is 108 cm³/mol. The van der Waals surface area contributed by atoms with Gasteiger partial charge in [0.05, 0.1) is 18.9 Å². The van der Waals surface area contributed by atoms with Crippen molar-refractivity contribution in [3.8, 4) is 22.8 Å². The van der Waals surface area contributed by atoms with Gasteiger partial charge in [0, 0.05) is 23.5 Å². The fourth-order valence-electron chi connectivity index (χ4n) is 3.10. The number of ether oxygens (including phenoxy) is 3. The fourth-order valence-corrected chi connectivity index (χ4v) is 3.10. The molecular formula is C22H23N3O3. The molecule has 1 N–H and O–H groups in total. The van der Waals surface area contributed by atoms with Gasteiger partial charge in [-0.05, 0) is 49.2 Å². The number of hydrogen-bond acceptors (Lipinski definition) is 6. The highest BCUT2D eigenvalue weighted by atomic mass is 16.5. The molecule has 0 saturated heterocycles. The van der Waals surface area contributed by atoms with Gasteiger partial charge in [0.1, 0.15) is 24.7 Å². The minimum Gasteiger partial charge on any atom is -0.491 e. The van der Waals surface area contributed by atoms with Crippen LogP contribution in [0.2, 0.25) is 0 Å². The summed E-state index contributed by atoms with van der Waals surface area (Å²) < 4.78 is 17.2. The van der Waals surface area contributed by atoms with E-state index in [-0.39, 0.29) is 0 Å². The Hall–Kier alpha value is -3.12. The summed E-state index contributed by atoms with van der Waals surface area (Å²) in [4.78, 5) is 9.17. The number of hydrogen-bond donors (Lipinski definition) is 1. The number of aromatic nitrogens is 2. The Morgan fingerprint density at radius 3 is 2.57 bits per heavy atom. The Balaban J connectivity index is 1.73. The van der Waals surface area contributed by atoms with Crippen molar-refractivity contribution >= 4 is 11.6 Å². The van der Waals surface area contributed by atoms with Gasteiger partial charge in [-0.1, -0.05) is 12.1 Å². The lowest BCUT2D eigenvalue weighted by Gasteiger charge is -2.12. The van der Waals surface area contributed by atoms with Gasteiger partial charge in [-0.3, -0.25) is 0 Å². The van der Waals surface area contributed by atoms with Crippen molar-refractivity contribution in [2.24, 2.45) is 0 Å². The number of fused-ring (bicyclic) bond motifs is 7. The molecule has 2 aromatic carbocycles. The lowest BCUT2D eigenvalue weighted by atomic mass is 10.1. The van der Waals surface area contributed by atoms with Crippen LogP contribution in [0.3, 0.4) is 0 Å². The summed E-state index contributed by atoms with van der Waals surface area (Å²) in [6.07, 6.45) is 1.83. The number of nitrogens with zero attached hydrogens (tertiary/aromatic N) is 2. The van der Waals surface area contributed by atoms with Crippen LogP contribution in [0.15, 0.2) is 48.7 Å². The minimum absolute atomic E-state index is 0.476. The Kier molecular flexibility index (Phi) is 5.39. The number of aryl methyl sites for hydroxylation is 2. The van der Waals surface area contributed by atoms with Crippen molar-refractivity contribution < 1.29 is 14.2 Å². The monoisotopic (exact) mass is 377 g/mol. The number of anilines is 2. The maximum atomic E-state index is 5.82. The van der Waals surface area contributed by atoms with E-state index in [2.05, 4.69) is 10.3 Å². The summed E-state index contributed by atoms with van der Waals surface area (Å²) >= 11 is 0. The molecule has 1 aliphatic heterocycles. The molecular weight excluding hydrogens is 354 g/mol. The second-order valence-corrected chi connectivity index (χ2v) is 6.72. The zero-order chi connectivity index (χ0) is 19.3. The van der Waals surface area contributed by atoms with Crippen LogP contribution >= 0.6 is 0 Å². The van der Waals surface area contributed by atoms with Gasteiger partial charge >= 0.3 is 0 Å². The zero-order valence-corrected chi connectivity index (χ0v) is 16.1. The average molecular weight is 377 g/mol. The first-order valence-corrected chi connectivity index (χ1v) is 9.33. The molecule has 144 valence electrons. The van der Waals surface area contributed by atoms with Crippen molar-refractivity contribution in [2.45, 2.75) is 13.8 Å². The zero-order valence-electron chi connectivity index (χ0n) is 16.1. The van der Waals surface area contributed by atoms with E-state index in [9.17, 15) is 0 Å². The van der Waals surface area contributed by atoms with E-state index >= 15 is 0 Å². The Bertz CT molecular complexity index is 975. The van der Waals surface area contributed by atoms with Crippen LogP contribution < -0.4 is 14.8 Å². The molecule has 4 rings (SSSR count). The van der Waals surface area contributed by atoms with Crippen LogP contribution in [0.5, 0.6) is 11.5 Å². The summed E-state index contributed by atoms with van der Waals surface area (Å²) in [5.41, 5.74) is 4.82. The Labute approximate surface area is 164 Å². The van der Waals surface area contributed by atoms with Crippen molar-refractivity contribution in [1.29, 1.82) is 0 Å². The Morgan fingerprint density at radius 1 is 0.893 bits per heavy atom. The second-order valence-electron chi connectivity index (χ2n) is 6.72. The molecule has 0 fully saturated rings. The van der Waals surface area contributed by atoms with Crippen molar-refractivity contribution in [3.05, 3.63) is 59.8 Å². The van der Waals surface area contributed by atoms with E-state index in [4.69, 9.17) is 19.2 Å². The molecule has 28 heavy (non-hydrogen) atoms. The van der Waals surface area contributed by atoms with Gasteiger partial charge in [0.15, 0.2) is 0 Å². The summed E-state index contributed by atoms with van der Waals surface area (Å²) in [5.74, 6) is 2.11. The summed E-state index contributed by atoms with van der Waals surface area (Å²) in [6.45, 7) is 5.99. The summed E-state index contributed by atoms with van der Waals surface area (Å²) in [6, 6.07) is 13.9. The first-order chi connectivity index (χ1) is 13.7. The molecule has 0 aliphatic carbocycles. The molecule has 3 aromatic rings. The van der Waals surface area contributed by atoms with Crippen molar-refractivity contribution in [2.75, 3.05) is 31.7 Å². The topological polar surface area (TPSA) is 65.5 Å². The van der Waals surface area contributed by atoms with E-state index < -0.39 is 0 Å². The highest BCUT2D eigenvalue weighted by molar-refractivity contribution is 5.67. The number of rotatable bonds is 0. The van der Waals surface area contributed by atoms with Crippen LogP contribution in [0, 0.1) is 13.8 Å². The van der Waals surface area contributed by atoms with Gasteiger partial charge in [-0.25, -0.2) is 9.97 Å². The minimum atomic E-state index is 0.476. The third-order valence-corrected chi connectivity index (χ3v) is 4.38. The van der Waals surface area contributed by atoms with E-state index in [0.717, 1.165) is 39.6 Å². The lowest BCUT2D eigenvalue weighted by molar-refractivity contribution is 0.0764. The standard InChI is InChI=1S/C22H23N3O3/c1-15-10-18-13-20(11-15)28-9-7-26-6-8-27-19-5-3-4-17(12-19)21-16(2)14-23-22(24-18)25-21/h3-5,10-14H,6-9H2,1-2H3,(H,23,24,25). The van der Waals surface area contributed by atoms with Crippen molar-refractivity contribution in [3.63, 3.8) is 0 Å². The first kappa shape index (κ1) is 18.3. The lowest BCUT2D eigenvalue weighted by Crippen LogP contribution is -2.12. The van der Waals surface area contributed by atoms with Crippen LogP contribution in [-0.2, 0) is 4.74 Å². The van der Waals surface area contributed by atoms with Crippen LogP contribution in [0.25, 0.3) is 11.3 Å².